The summed E-state index contributed by atoms with van der Waals surface area (Å²) in [6, 6.07) is 0.261. The summed E-state index contributed by atoms with van der Waals surface area (Å²) in [7, 11) is 0. The largest absolute Gasteiger partial charge is 0.444 e. The zero-order valence-electron chi connectivity index (χ0n) is 13.7. The third-order valence-corrected chi connectivity index (χ3v) is 3.02. The van der Waals surface area contributed by atoms with Crippen molar-refractivity contribution in [1.82, 2.24) is 10.2 Å². The van der Waals surface area contributed by atoms with Crippen LogP contribution in [0.25, 0.3) is 0 Å². The number of rotatable bonds is 4. The van der Waals surface area contributed by atoms with Crippen LogP contribution in [0.1, 0.15) is 48.0 Å². The van der Waals surface area contributed by atoms with E-state index in [0.29, 0.717) is 19.6 Å². The number of aliphatic hydroxyl groups is 1. The van der Waals surface area contributed by atoms with Crippen LogP contribution in [0, 0.1) is 5.41 Å². The van der Waals surface area contributed by atoms with Gasteiger partial charge in [-0.05, 0) is 32.6 Å². The fourth-order valence-corrected chi connectivity index (χ4v) is 2.16. The van der Waals surface area contributed by atoms with Crippen molar-refractivity contribution < 1.29 is 14.6 Å². The highest BCUT2D eigenvalue weighted by Crippen LogP contribution is 2.21. The lowest BCUT2D eigenvalue weighted by Crippen LogP contribution is -2.61. The van der Waals surface area contributed by atoms with E-state index in [2.05, 4.69) is 26.1 Å². The van der Waals surface area contributed by atoms with Crippen molar-refractivity contribution in [1.29, 1.82) is 0 Å². The lowest BCUT2D eigenvalue weighted by molar-refractivity contribution is 0.00377. The molecular weight excluding hydrogens is 256 g/mol. The maximum absolute atomic E-state index is 11.7. The number of nitrogens with zero attached hydrogens (tertiary/aromatic N) is 1. The van der Waals surface area contributed by atoms with Crippen molar-refractivity contribution >= 4 is 6.09 Å². The predicted octanol–water partition coefficient (Wildman–Crippen LogP) is 1.99. The number of ether oxygens (including phenoxy) is 1. The Hall–Kier alpha value is -0.810. The van der Waals surface area contributed by atoms with Crippen LogP contribution in [0.2, 0.25) is 0 Å². The molecule has 0 radical (unpaired) electrons. The number of aliphatic hydroxyl groups excluding tert-OH is 1. The fourth-order valence-electron chi connectivity index (χ4n) is 2.16. The Morgan fingerprint density at radius 2 is 1.85 bits per heavy atom. The molecule has 1 unspecified atom stereocenters. The standard InChI is InChI=1S/C15H30N2O3/c1-14(2,3)7-12(18)8-16-11-9-17(10-11)13(19)20-15(4,5)6/h11-12,16,18H,7-10H2,1-6H3. The molecule has 1 fully saturated rings. The number of likely N-dealkylation sites (tertiary alicyclic amines) is 1. The molecule has 118 valence electrons. The molecule has 1 aliphatic heterocycles. The predicted molar refractivity (Wildman–Crippen MR) is 79.7 cm³/mol. The van der Waals surface area contributed by atoms with E-state index in [1.54, 1.807) is 4.90 Å². The van der Waals surface area contributed by atoms with Crippen LogP contribution in [0.4, 0.5) is 4.79 Å². The average Bonchev–Trinajstić information content (AvgIpc) is 2.08. The van der Waals surface area contributed by atoms with Crippen LogP contribution in [0.15, 0.2) is 0 Å². The Labute approximate surface area is 122 Å². The van der Waals surface area contributed by atoms with Gasteiger partial charge >= 0.3 is 6.09 Å². The first kappa shape index (κ1) is 17.2. The van der Waals surface area contributed by atoms with E-state index in [1.807, 2.05) is 20.8 Å². The first-order chi connectivity index (χ1) is 8.96. The molecule has 5 nitrogen and oxygen atoms in total. The molecule has 1 atom stereocenters. The molecular formula is C15H30N2O3. The minimum absolute atomic E-state index is 0.128. The Kier molecular flexibility index (Phi) is 5.44. The number of carbonyl (C=O) groups is 1. The summed E-state index contributed by atoms with van der Waals surface area (Å²) in [6.07, 6.45) is 0.166. The Morgan fingerprint density at radius 3 is 2.30 bits per heavy atom. The summed E-state index contributed by atoms with van der Waals surface area (Å²) >= 11 is 0. The smallest absolute Gasteiger partial charge is 0.410 e. The maximum Gasteiger partial charge on any atom is 0.410 e. The van der Waals surface area contributed by atoms with Gasteiger partial charge in [0.1, 0.15) is 5.60 Å². The van der Waals surface area contributed by atoms with E-state index in [1.165, 1.54) is 0 Å². The quantitative estimate of drug-likeness (QED) is 0.829. The molecule has 1 amide bonds. The van der Waals surface area contributed by atoms with Gasteiger partial charge in [-0.1, -0.05) is 20.8 Å². The Bertz CT molecular complexity index is 325. The molecule has 1 rings (SSSR count). The molecule has 0 saturated carbocycles. The van der Waals surface area contributed by atoms with Gasteiger partial charge in [0.05, 0.1) is 6.10 Å². The fraction of sp³-hybridized carbons (Fsp3) is 0.933. The van der Waals surface area contributed by atoms with Gasteiger partial charge in [0, 0.05) is 25.7 Å². The molecule has 5 heteroatoms. The van der Waals surface area contributed by atoms with Crippen LogP contribution in [0.3, 0.4) is 0 Å². The van der Waals surface area contributed by atoms with Gasteiger partial charge in [-0.3, -0.25) is 0 Å². The van der Waals surface area contributed by atoms with Crippen molar-refractivity contribution in [2.75, 3.05) is 19.6 Å². The summed E-state index contributed by atoms with van der Waals surface area (Å²) in [5.74, 6) is 0. The molecule has 0 bridgehead atoms. The van der Waals surface area contributed by atoms with Gasteiger partial charge < -0.3 is 20.1 Å². The molecule has 0 aromatic carbocycles. The number of hydrogen-bond donors (Lipinski definition) is 2. The van der Waals surface area contributed by atoms with Crippen LogP contribution in [0.5, 0.6) is 0 Å². The minimum atomic E-state index is -0.446. The van der Waals surface area contributed by atoms with E-state index in [-0.39, 0.29) is 23.7 Å². The van der Waals surface area contributed by atoms with E-state index in [0.717, 1.165) is 6.42 Å². The second-order valence-electron chi connectivity index (χ2n) is 7.91. The van der Waals surface area contributed by atoms with Crippen LogP contribution in [-0.4, -0.2) is 53.5 Å². The number of hydrogen-bond acceptors (Lipinski definition) is 4. The molecule has 1 heterocycles. The summed E-state index contributed by atoms with van der Waals surface area (Å²) in [6.45, 7) is 13.8. The van der Waals surface area contributed by atoms with E-state index < -0.39 is 5.60 Å². The van der Waals surface area contributed by atoms with Crippen LogP contribution in [-0.2, 0) is 4.74 Å². The zero-order valence-corrected chi connectivity index (χ0v) is 13.7. The molecule has 0 aliphatic carbocycles. The van der Waals surface area contributed by atoms with Crippen molar-refractivity contribution in [3.63, 3.8) is 0 Å². The topological polar surface area (TPSA) is 61.8 Å². The first-order valence-corrected chi connectivity index (χ1v) is 7.36. The molecule has 1 aliphatic rings. The minimum Gasteiger partial charge on any atom is -0.444 e. The van der Waals surface area contributed by atoms with Gasteiger partial charge in [0.25, 0.3) is 0 Å². The monoisotopic (exact) mass is 286 g/mol. The molecule has 20 heavy (non-hydrogen) atoms. The van der Waals surface area contributed by atoms with Crippen molar-refractivity contribution in [3.05, 3.63) is 0 Å². The molecule has 0 spiro atoms. The number of carbonyl (C=O) groups excluding carboxylic acids is 1. The van der Waals surface area contributed by atoms with Gasteiger partial charge in [-0.15, -0.1) is 0 Å². The molecule has 0 aromatic heterocycles. The van der Waals surface area contributed by atoms with Gasteiger partial charge in [-0.2, -0.15) is 0 Å². The maximum atomic E-state index is 11.7. The highest BCUT2D eigenvalue weighted by molar-refractivity contribution is 5.69. The third-order valence-electron chi connectivity index (χ3n) is 3.02. The Balaban J connectivity index is 2.18. The van der Waals surface area contributed by atoms with Crippen molar-refractivity contribution in [3.8, 4) is 0 Å². The van der Waals surface area contributed by atoms with E-state index in [9.17, 15) is 9.90 Å². The summed E-state index contributed by atoms with van der Waals surface area (Å²) in [5.41, 5.74) is -0.318. The molecule has 2 N–H and O–H groups in total. The van der Waals surface area contributed by atoms with Gasteiger partial charge in [0.2, 0.25) is 0 Å². The van der Waals surface area contributed by atoms with Gasteiger partial charge in [-0.25, -0.2) is 4.79 Å². The second kappa shape index (κ2) is 6.31. The number of nitrogens with one attached hydrogen (secondary N) is 1. The summed E-state index contributed by atoms with van der Waals surface area (Å²) < 4.78 is 5.29. The lowest BCUT2D eigenvalue weighted by Gasteiger charge is -2.40. The van der Waals surface area contributed by atoms with Crippen LogP contribution < -0.4 is 5.32 Å². The highest BCUT2D eigenvalue weighted by atomic mass is 16.6. The zero-order chi connectivity index (χ0) is 15.6. The number of amides is 1. The van der Waals surface area contributed by atoms with Crippen LogP contribution >= 0.6 is 0 Å². The average molecular weight is 286 g/mol. The van der Waals surface area contributed by atoms with Gasteiger partial charge in [0.15, 0.2) is 0 Å². The molecule has 1 saturated heterocycles. The summed E-state index contributed by atoms with van der Waals surface area (Å²) in [5, 5.41) is 13.2. The third kappa shape index (κ3) is 6.57. The normalized spacial score (nSPS) is 18.6. The van der Waals surface area contributed by atoms with E-state index >= 15 is 0 Å². The first-order valence-electron chi connectivity index (χ1n) is 7.36. The Morgan fingerprint density at radius 1 is 1.30 bits per heavy atom. The van der Waals surface area contributed by atoms with Crippen molar-refractivity contribution in [2.45, 2.75) is 65.7 Å². The van der Waals surface area contributed by atoms with E-state index in [4.69, 9.17) is 4.74 Å². The second-order valence-corrected chi connectivity index (χ2v) is 7.91. The SMILES string of the molecule is CC(C)(C)CC(O)CNC1CN(C(=O)OC(C)(C)C)C1. The van der Waals surface area contributed by atoms with Crippen molar-refractivity contribution in [2.24, 2.45) is 5.41 Å². The highest BCUT2D eigenvalue weighted by Gasteiger charge is 2.33. The molecule has 0 aromatic rings. The summed E-state index contributed by atoms with van der Waals surface area (Å²) in [4.78, 5) is 13.4. The lowest BCUT2D eigenvalue weighted by atomic mass is 9.89.